The van der Waals surface area contributed by atoms with Crippen LogP contribution >= 0.6 is 0 Å². The van der Waals surface area contributed by atoms with Crippen molar-refractivity contribution in [3.05, 3.63) is 29.8 Å². The van der Waals surface area contributed by atoms with Gasteiger partial charge < -0.3 is 26.2 Å². The van der Waals surface area contributed by atoms with E-state index in [9.17, 15) is 28.0 Å². The number of carbonyl (C=O) groups is 4. The summed E-state index contributed by atoms with van der Waals surface area (Å²) in [6.07, 6.45) is 2.67. The number of hydrogen-bond donors (Lipinski definition) is 4. The van der Waals surface area contributed by atoms with Crippen molar-refractivity contribution in [3.8, 4) is 0 Å². The van der Waals surface area contributed by atoms with E-state index in [4.69, 9.17) is 0 Å². The first-order chi connectivity index (χ1) is 19.6. The highest BCUT2D eigenvalue weighted by Crippen LogP contribution is 2.65. The predicted molar refractivity (Wildman–Crippen MR) is 153 cm³/mol. The summed E-state index contributed by atoms with van der Waals surface area (Å²) >= 11 is 0. The first-order valence-electron chi connectivity index (χ1n) is 15.0. The van der Waals surface area contributed by atoms with Gasteiger partial charge in [0.2, 0.25) is 23.6 Å². The maximum Gasteiger partial charge on any atom is 0.246 e. The van der Waals surface area contributed by atoms with E-state index in [1.54, 1.807) is 11.8 Å². The number of benzene rings is 1. The van der Waals surface area contributed by atoms with E-state index >= 15 is 0 Å². The second-order valence-electron chi connectivity index (χ2n) is 14.3. The van der Waals surface area contributed by atoms with Crippen molar-refractivity contribution in [2.45, 2.75) is 90.9 Å². The van der Waals surface area contributed by atoms with Crippen LogP contribution in [0.3, 0.4) is 0 Å². The molecule has 42 heavy (non-hydrogen) atoms. The van der Waals surface area contributed by atoms with Crippen LogP contribution in [0.5, 0.6) is 0 Å². The van der Waals surface area contributed by atoms with E-state index in [1.165, 1.54) is 6.07 Å². The van der Waals surface area contributed by atoms with Crippen LogP contribution in [0, 0.1) is 40.2 Å². The standard InChI is InChI=1S/C31H43F2N5O4/c1-7-34-26(40)21(12-16-14-31(10-11-31)37-25(16)39)36-27(41)23-22-18(30(22,5)6)15-38(23)28(42)24(29(2,3)4)35-20-9-8-17(32)13-19(20)33/h8-9,13,16,18,21-24,35H,7,10-12,14-15H2,1-6H3,(H,34,40)(H,36,41)(H,37,39)/t16-,18+,21+,22+,23+,24-/m1/s1. The number of halogens is 2. The molecule has 0 unspecified atom stereocenters. The van der Waals surface area contributed by atoms with Crippen LogP contribution in [0.4, 0.5) is 14.5 Å². The Hall–Kier alpha value is -3.24. The van der Waals surface area contributed by atoms with Gasteiger partial charge in [-0.05, 0) is 67.4 Å². The molecule has 4 amide bonds. The molecule has 6 atom stereocenters. The predicted octanol–water partition coefficient (Wildman–Crippen LogP) is 2.95. The van der Waals surface area contributed by atoms with Crippen molar-refractivity contribution in [3.63, 3.8) is 0 Å². The topological polar surface area (TPSA) is 120 Å². The molecule has 4 fully saturated rings. The monoisotopic (exact) mass is 587 g/mol. The van der Waals surface area contributed by atoms with Gasteiger partial charge in [0.25, 0.3) is 0 Å². The van der Waals surface area contributed by atoms with Gasteiger partial charge in [-0.3, -0.25) is 19.2 Å². The van der Waals surface area contributed by atoms with Gasteiger partial charge in [-0.2, -0.15) is 0 Å². The van der Waals surface area contributed by atoms with Gasteiger partial charge in [-0.15, -0.1) is 0 Å². The van der Waals surface area contributed by atoms with Gasteiger partial charge in [-0.25, -0.2) is 8.78 Å². The highest BCUT2D eigenvalue weighted by Gasteiger charge is 2.70. The lowest BCUT2D eigenvalue weighted by Crippen LogP contribution is -2.59. The molecule has 2 aliphatic carbocycles. The largest absolute Gasteiger partial charge is 0.371 e. The van der Waals surface area contributed by atoms with Crippen LogP contribution in [-0.2, 0) is 19.2 Å². The molecular formula is C31H43F2N5O4. The molecule has 9 nitrogen and oxygen atoms in total. The minimum atomic E-state index is -0.926. The van der Waals surface area contributed by atoms with Crippen molar-refractivity contribution in [2.75, 3.05) is 18.4 Å². The summed E-state index contributed by atoms with van der Waals surface area (Å²) in [5.74, 6) is -3.19. The van der Waals surface area contributed by atoms with Gasteiger partial charge in [0.15, 0.2) is 0 Å². The average Bonchev–Trinajstić information content (AvgIpc) is 3.61. The first kappa shape index (κ1) is 30.2. The summed E-state index contributed by atoms with van der Waals surface area (Å²) in [6, 6.07) is 0.470. The fourth-order valence-electron chi connectivity index (χ4n) is 7.11. The maximum atomic E-state index is 14.6. The second kappa shape index (κ2) is 10.5. The van der Waals surface area contributed by atoms with Crippen molar-refractivity contribution in [2.24, 2.45) is 28.6 Å². The van der Waals surface area contributed by atoms with Crippen LogP contribution in [0.15, 0.2) is 18.2 Å². The zero-order chi connectivity index (χ0) is 30.8. The van der Waals surface area contributed by atoms with Gasteiger partial charge in [0.1, 0.15) is 29.8 Å². The number of rotatable bonds is 9. The molecule has 1 aromatic carbocycles. The molecule has 2 saturated heterocycles. The summed E-state index contributed by atoms with van der Waals surface area (Å²) in [4.78, 5) is 55.5. The van der Waals surface area contributed by atoms with E-state index in [-0.39, 0.29) is 58.5 Å². The van der Waals surface area contributed by atoms with E-state index in [0.717, 1.165) is 25.0 Å². The third-order valence-corrected chi connectivity index (χ3v) is 9.86. The van der Waals surface area contributed by atoms with Crippen LogP contribution in [0.2, 0.25) is 0 Å². The molecule has 0 aromatic heterocycles. The van der Waals surface area contributed by atoms with Gasteiger partial charge in [0.05, 0.1) is 5.69 Å². The molecule has 230 valence electrons. The molecule has 2 heterocycles. The van der Waals surface area contributed by atoms with Crippen molar-refractivity contribution < 1.29 is 28.0 Å². The van der Waals surface area contributed by atoms with Crippen molar-refractivity contribution >= 4 is 29.3 Å². The summed E-state index contributed by atoms with van der Waals surface area (Å²) < 4.78 is 28.1. The number of anilines is 1. The number of likely N-dealkylation sites (N-methyl/N-ethyl adjacent to an activating group) is 1. The average molecular weight is 588 g/mol. The van der Waals surface area contributed by atoms with Gasteiger partial charge in [-0.1, -0.05) is 34.6 Å². The molecule has 5 rings (SSSR count). The minimum Gasteiger partial charge on any atom is -0.371 e. The number of nitrogens with one attached hydrogen (secondary N) is 4. The Balaban J connectivity index is 1.37. The molecule has 0 radical (unpaired) electrons. The number of amides is 4. The van der Waals surface area contributed by atoms with Crippen LogP contribution in [-0.4, -0.2) is 65.3 Å². The molecule has 0 bridgehead atoms. The Labute approximate surface area is 245 Å². The Bertz CT molecular complexity index is 1290. The van der Waals surface area contributed by atoms with E-state index in [1.807, 2.05) is 20.8 Å². The van der Waals surface area contributed by atoms with E-state index in [2.05, 4.69) is 35.1 Å². The number of nitrogens with zero attached hydrogens (tertiary/aromatic N) is 1. The van der Waals surface area contributed by atoms with Crippen LogP contribution in [0.25, 0.3) is 0 Å². The summed E-state index contributed by atoms with van der Waals surface area (Å²) in [6.45, 7) is 12.2. The lowest BCUT2D eigenvalue weighted by atomic mass is 9.85. The molecule has 1 aromatic rings. The molecule has 2 saturated carbocycles. The SMILES string of the molecule is CCNC(=O)[C@H](C[C@@H]1CC2(CC2)NC1=O)NC(=O)[C@@H]1[C@@H]2[C@H](CN1C(=O)[C@@H](Nc1ccc(F)cc1F)C(C)(C)C)C2(C)C. The smallest absolute Gasteiger partial charge is 0.246 e. The summed E-state index contributed by atoms with van der Waals surface area (Å²) in [7, 11) is 0. The maximum absolute atomic E-state index is 14.6. The Morgan fingerprint density at radius 3 is 2.43 bits per heavy atom. The number of hydrogen-bond acceptors (Lipinski definition) is 5. The quantitative estimate of drug-likeness (QED) is 0.354. The van der Waals surface area contributed by atoms with Crippen molar-refractivity contribution in [1.82, 2.24) is 20.9 Å². The molecule has 11 heteroatoms. The number of fused-ring (bicyclic) bond motifs is 1. The highest BCUT2D eigenvalue weighted by atomic mass is 19.1. The lowest BCUT2D eigenvalue weighted by molar-refractivity contribution is -0.143. The zero-order valence-electron chi connectivity index (χ0n) is 25.3. The zero-order valence-corrected chi connectivity index (χ0v) is 25.3. The van der Waals surface area contributed by atoms with Crippen LogP contribution in [0.1, 0.15) is 67.2 Å². The Morgan fingerprint density at radius 1 is 1.17 bits per heavy atom. The van der Waals surface area contributed by atoms with Gasteiger partial charge in [0, 0.05) is 30.6 Å². The molecular weight excluding hydrogens is 544 g/mol. The third kappa shape index (κ3) is 5.58. The normalized spacial score (nSPS) is 28.0. The fraction of sp³-hybridized carbons (Fsp3) is 0.677. The number of carbonyl (C=O) groups excluding carboxylic acids is 4. The molecule has 1 spiro atoms. The summed E-state index contributed by atoms with van der Waals surface area (Å²) in [5.41, 5.74) is -1.01. The minimum absolute atomic E-state index is 0.00469. The molecule has 4 aliphatic rings. The second-order valence-corrected chi connectivity index (χ2v) is 14.3. The molecule has 2 aliphatic heterocycles. The molecule has 4 N–H and O–H groups in total. The highest BCUT2D eigenvalue weighted by molar-refractivity contribution is 5.96. The Kier molecular flexibility index (Phi) is 7.55. The fourth-order valence-corrected chi connectivity index (χ4v) is 7.11. The Morgan fingerprint density at radius 2 is 1.86 bits per heavy atom. The third-order valence-electron chi connectivity index (χ3n) is 9.86. The van der Waals surface area contributed by atoms with Crippen LogP contribution < -0.4 is 21.3 Å². The van der Waals surface area contributed by atoms with E-state index in [0.29, 0.717) is 19.5 Å². The summed E-state index contributed by atoms with van der Waals surface area (Å²) in [5, 5.41) is 11.7. The van der Waals surface area contributed by atoms with Crippen molar-refractivity contribution in [1.29, 1.82) is 0 Å². The number of likely N-dealkylation sites (tertiary alicyclic amines) is 1. The van der Waals surface area contributed by atoms with E-state index < -0.39 is 41.1 Å². The van der Waals surface area contributed by atoms with Gasteiger partial charge >= 0.3 is 0 Å². The lowest BCUT2D eigenvalue weighted by Gasteiger charge is -2.38. The first-order valence-corrected chi connectivity index (χ1v) is 15.0. The number of piperidine rings is 1.